The predicted molar refractivity (Wildman–Crippen MR) is 91.3 cm³/mol. The molecule has 1 unspecified atom stereocenters. The zero-order chi connectivity index (χ0) is 16.5. The number of aryl methyl sites for hydroxylation is 1. The summed E-state index contributed by atoms with van der Waals surface area (Å²) in [6, 6.07) is 7.95. The Labute approximate surface area is 135 Å². The second kappa shape index (κ2) is 9.46. The molecule has 0 saturated heterocycles. The molecule has 1 amide bonds. The van der Waals surface area contributed by atoms with Crippen molar-refractivity contribution in [2.24, 2.45) is 0 Å². The number of hydrogen-bond donors (Lipinski definition) is 0. The Kier molecular flexibility index (Phi) is 7.96. The number of carbonyl (C=O) groups is 1. The van der Waals surface area contributed by atoms with Gasteiger partial charge in [-0.3, -0.25) is 9.69 Å². The van der Waals surface area contributed by atoms with Crippen LogP contribution in [0.5, 0.6) is 5.75 Å². The zero-order valence-corrected chi connectivity index (χ0v) is 14.6. The van der Waals surface area contributed by atoms with Crippen LogP contribution in [0.25, 0.3) is 0 Å². The third-order valence-corrected chi connectivity index (χ3v) is 4.05. The van der Waals surface area contributed by atoms with E-state index in [1.54, 1.807) is 0 Å². The number of nitrogens with zero attached hydrogens (tertiary/aromatic N) is 2. The van der Waals surface area contributed by atoms with Gasteiger partial charge in [-0.15, -0.1) is 0 Å². The fraction of sp³-hybridized carbons (Fsp3) is 0.611. The molecule has 0 aliphatic rings. The molecule has 0 aromatic heterocycles. The van der Waals surface area contributed by atoms with E-state index in [4.69, 9.17) is 4.74 Å². The van der Waals surface area contributed by atoms with Gasteiger partial charge in [0.25, 0.3) is 0 Å². The van der Waals surface area contributed by atoms with Gasteiger partial charge in [-0.05, 0) is 46.0 Å². The summed E-state index contributed by atoms with van der Waals surface area (Å²) in [6.45, 7) is 10.9. The Hall–Kier alpha value is -1.55. The maximum Gasteiger partial charge on any atom is 0.240 e. The molecule has 0 N–H and O–H groups in total. The summed E-state index contributed by atoms with van der Waals surface area (Å²) in [5, 5.41) is 0. The molecule has 1 aromatic rings. The molecular weight excluding hydrogens is 276 g/mol. The lowest BCUT2D eigenvalue weighted by molar-refractivity contribution is -0.136. The van der Waals surface area contributed by atoms with Crippen molar-refractivity contribution in [1.29, 1.82) is 0 Å². The minimum Gasteiger partial charge on any atom is -0.492 e. The van der Waals surface area contributed by atoms with Crippen LogP contribution in [0.4, 0.5) is 0 Å². The first-order chi connectivity index (χ1) is 10.5. The van der Waals surface area contributed by atoms with Gasteiger partial charge in [0.2, 0.25) is 5.91 Å². The lowest BCUT2D eigenvalue weighted by atomic mass is 10.1. The molecule has 1 atom stereocenters. The van der Waals surface area contributed by atoms with Crippen LogP contribution in [0.2, 0.25) is 0 Å². The molecule has 0 fully saturated rings. The molecule has 0 saturated carbocycles. The van der Waals surface area contributed by atoms with Gasteiger partial charge in [0.05, 0.1) is 12.6 Å². The molecule has 0 radical (unpaired) electrons. The minimum atomic E-state index is -0.0377. The average Bonchev–Trinajstić information content (AvgIpc) is 2.53. The summed E-state index contributed by atoms with van der Waals surface area (Å²) in [6.07, 6.45) is 0.832. The first-order valence-electron chi connectivity index (χ1n) is 8.21. The molecule has 124 valence electrons. The summed E-state index contributed by atoms with van der Waals surface area (Å²) in [5.74, 6) is 1.05. The second-order valence-electron chi connectivity index (χ2n) is 5.58. The molecule has 0 heterocycles. The Morgan fingerprint density at radius 3 is 2.27 bits per heavy atom. The molecule has 0 aliphatic carbocycles. The fourth-order valence-corrected chi connectivity index (χ4v) is 2.44. The van der Waals surface area contributed by atoms with E-state index in [0.29, 0.717) is 19.7 Å². The van der Waals surface area contributed by atoms with Crippen molar-refractivity contribution in [3.05, 3.63) is 29.8 Å². The molecule has 4 nitrogen and oxygen atoms in total. The highest BCUT2D eigenvalue weighted by Gasteiger charge is 2.24. The van der Waals surface area contributed by atoms with Crippen molar-refractivity contribution < 1.29 is 9.53 Å². The third kappa shape index (κ3) is 5.34. The van der Waals surface area contributed by atoms with E-state index < -0.39 is 0 Å². The van der Waals surface area contributed by atoms with Crippen LogP contribution >= 0.6 is 0 Å². The minimum absolute atomic E-state index is 0.0377. The fourth-order valence-electron chi connectivity index (χ4n) is 2.44. The summed E-state index contributed by atoms with van der Waals surface area (Å²) < 4.78 is 5.74. The lowest BCUT2D eigenvalue weighted by Gasteiger charge is -2.30. The Bertz CT molecular complexity index is 445. The van der Waals surface area contributed by atoms with E-state index in [2.05, 4.69) is 25.7 Å². The smallest absolute Gasteiger partial charge is 0.240 e. The average molecular weight is 306 g/mol. The van der Waals surface area contributed by atoms with E-state index in [0.717, 1.165) is 18.7 Å². The van der Waals surface area contributed by atoms with Crippen molar-refractivity contribution in [2.45, 2.75) is 40.2 Å². The Morgan fingerprint density at radius 2 is 1.77 bits per heavy atom. The van der Waals surface area contributed by atoms with E-state index in [1.165, 1.54) is 5.56 Å². The predicted octanol–water partition coefficient (Wildman–Crippen LogP) is 2.95. The van der Waals surface area contributed by atoms with Gasteiger partial charge in [-0.1, -0.05) is 31.5 Å². The number of ether oxygens (including phenoxy) is 1. The number of rotatable bonds is 9. The van der Waals surface area contributed by atoms with Crippen LogP contribution in [0.3, 0.4) is 0 Å². The first-order valence-corrected chi connectivity index (χ1v) is 8.21. The van der Waals surface area contributed by atoms with Gasteiger partial charge >= 0.3 is 0 Å². The van der Waals surface area contributed by atoms with E-state index >= 15 is 0 Å². The van der Waals surface area contributed by atoms with Crippen molar-refractivity contribution >= 4 is 5.91 Å². The molecule has 1 aromatic carbocycles. The van der Waals surface area contributed by atoms with Crippen LogP contribution in [0, 0.1) is 6.92 Å². The number of benzene rings is 1. The van der Waals surface area contributed by atoms with Crippen LogP contribution < -0.4 is 4.74 Å². The number of likely N-dealkylation sites (N-methyl/N-ethyl adjacent to an activating group) is 2. The van der Waals surface area contributed by atoms with Crippen LogP contribution in [0.15, 0.2) is 24.3 Å². The Morgan fingerprint density at radius 1 is 1.14 bits per heavy atom. The number of amides is 1. The highest BCUT2D eigenvalue weighted by Crippen LogP contribution is 2.12. The largest absolute Gasteiger partial charge is 0.492 e. The third-order valence-electron chi connectivity index (χ3n) is 4.05. The summed E-state index contributed by atoms with van der Waals surface area (Å²) in [4.78, 5) is 16.6. The van der Waals surface area contributed by atoms with Gasteiger partial charge in [0.15, 0.2) is 0 Å². The number of carbonyl (C=O) groups excluding carboxylic acids is 1. The SMILES string of the molecule is CCC(C(=O)N(CC)CCOc1ccc(C)cc1)N(C)CC. The van der Waals surface area contributed by atoms with E-state index in [-0.39, 0.29) is 11.9 Å². The first kappa shape index (κ1) is 18.5. The van der Waals surface area contributed by atoms with Gasteiger partial charge in [0, 0.05) is 6.54 Å². The number of hydrogen-bond acceptors (Lipinski definition) is 3. The summed E-state index contributed by atoms with van der Waals surface area (Å²) in [5.41, 5.74) is 1.21. The lowest BCUT2D eigenvalue weighted by Crippen LogP contribution is -2.48. The van der Waals surface area contributed by atoms with Gasteiger partial charge < -0.3 is 9.64 Å². The van der Waals surface area contributed by atoms with Gasteiger partial charge in [-0.25, -0.2) is 0 Å². The van der Waals surface area contributed by atoms with Gasteiger partial charge in [0.1, 0.15) is 12.4 Å². The maximum atomic E-state index is 12.6. The molecule has 0 spiro atoms. The monoisotopic (exact) mass is 306 g/mol. The van der Waals surface area contributed by atoms with Crippen molar-refractivity contribution in [2.75, 3.05) is 33.3 Å². The van der Waals surface area contributed by atoms with E-state index in [9.17, 15) is 4.79 Å². The topological polar surface area (TPSA) is 32.8 Å². The highest BCUT2D eigenvalue weighted by atomic mass is 16.5. The normalized spacial score (nSPS) is 12.3. The van der Waals surface area contributed by atoms with Gasteiger partial charge in [-0.2, -0.15) is 0 Å². The summed E-state index contributed by atoms with van der Waals surface area (Å²) >= 11 is 0. The quantitative estimate of drug-likeness (QED) is 0.703. The molecular formula is C18H30N2O2. The molecule has 0 bridgehead atoms. The zero-order valence-electron chi connectivity index (χ0n) is 14.6. The van der Waals surface area contributed by atoms with E-state index in [1.807, 2.05) is 43.1 Å². The molecule has 1 rings (SSSR count). The standard InChI is InChI=1S/C18H30N2O2/c1-6-17(19(5)7-2)18(21)20(8-3)13-14-22-16-11-9-15(4)10-12-16/h9-12,17H,6-8,13-14H2,1-5H3. The molecule has 0 aliphatic heterocycles. The van der Waals surface area contributed by atoms with Crippen LogP contribution in [-0.2, 0) is 4.79 Å². The second-order valence-corrected chi connectivity index (χ2v) is 5.58. The summed E-state index contributed by atoms with van der Waals surface area (Å²) in [7, 11) is 2.00. The maximum absolute atomic E-state index is 12.6. The Balaban J connectivity index is 2.53. The van der Waals surface area contributed by atoms with Crippen molar-refractivity contribution in [3.63, 3.8) is 0 Å². The van der Waals surface area contributed by atoms with Crippen molar-refractivity contribution in [1.82, 2.24) is 9.80 Å². The van der Waals surface area contributed by atoms with Crippen LogP contribution in [-0.4, -0.2) is 55.0 Å². The highest BCUT2D eigenvalue weighted by molar-refractivity contribution is 5.81. The van der Waals surface area contributed by atoms with Crippen molar-refractivity contribution in [3.8, 4) is 5.75 Å². The molecule has 4 heteroatoms. The molecule has 22 heavy (non-hydrogen) atoms. The van der Waals surface area contributed by atoms with Crippen LogP contribution in [0.1, 0.15) is 32.8 Å².